The van der Waals surface area contributed by atoms with Crippen LogP contribution in [0.15, 0.2) is 65.3 Å². The van der Waals surface area contributed by atoms with E-state index in [1.165, 1.54) is 30.0 Å². The normalized spacial score (nSPS) is 11.5. The SMILES string of the molecule is COCCOc1nc(-c2ccco2)n(-c2ccc(NC(=O)c3ccc(C)c(C(F)(F)F)c3)cc2)n1. The summed E-state index contributed by atoms with van der Waals surface area (Å²) in [7, 11) is 1.55. The van der Waals surface area contributed by atoms with Crippen molar-refractivity contribution in [2.75, 3.05) is 25.6 Å². The van der Waals surface area contributed by atoms with Gasteiger partial charge in [0.05, 0.1) is 24.1 Å². The van der Waals surface area contributed by atoms with E-state index in [-0.39, 0.29) is 23.7 Å². The van der Waals surface area contributed by atoms with Gasteiger partial charge in [-0.15, -0.1) is 5.10 Å². The van der Waals surface area contributed by atoms with Gasteiger partial charge in [-0.2, -0.15) is 18.2 Å². The zero-order valence-corrected chi connectivity index (χ0v) is 18.8. The molecule has 35 heavy (non-hydrogen) atoms. The largest absolute Gasteiger partial charge is 0.461 e. The van der Waals surface area contributed by atoms with E-state index in [0.717, 1.165) is 6.07 Å². The van der Waals surface area contributed by atoms with Gasteiger partial charge in [-0.3, -0.25) is 4.79 Å². The van der Waals surface area contributed by atoms with Gasteiger partial charge < -0.3 is 19.2 Å². The second-order valence-electron chi connectivity index (χ2n) is 7.48. The van der Waals surface area contributed by atoms with Gasteiger partial charge >= 0.3 is 12.2 Å². The summed E-state index contributed by atoms with van der Waals surface area (Å²) >= 11 is 0. The number of aromatic nitrogens is 3. The van der Waals surface area contributed by atoms with Crippen LogP contribution in [0.3, 0.4) is 0 Å². The molecule has 182 valence electrons. The van der Waals surface area contributed by atoms with Gasteiger partial charge in [0.1, 0.15) is 6.61 Å². The number of halogens is 3. The van der Waals surface area contributed by atoms with E-state index in [0.29, 0.717) is 29.6 Å². The van der Waals surface area contributed by atoms with Crippen molar-refractivity contribution in [3.63, 3.8) is 0 Å². The molecule has 8 nitrogen and oxygen atoms in total. The molecule has 0 radical (unpaired) electrons. The molecule has 0 spiro atoms. The molecule has 0 fully saturated rings. The minimum Gasteiger partial charge on any atom is -0.461 e. The van der Waals surface area contributed by atoms with Gasteiger partial charge in [0.25, 0.3) is 5.91 Å². The third-order valence-corrected chi connectivity index (χ3v) is 5.02. The summed E-state index contributed by atoms with van der Waals surface area (Å²) in [5.74, 6) is 0.212. The maximum atomic E-state index is 13.2. The maximum Gasteiger partial charge on any atom is 0.416 e. The molecule has 2 aromatic carbocycles. The van der Waals surface area contributed by atoms with Crippen LogP contribution in [-0.2, 0) is 10.9 Å². The Labute approximate surface area is 198 Å². The van der Waals surface area contributed by atoms with Gasteiger partial charge in [-0.05, 0) is 61.0 Å². The fourth-order valence-electron chi connectivity index (χ4n) is 3.27. The van der Waals surface area contributed by atoms with Gasteiger partial charge in [0.15, 0.2) is 5.76 Å². The van der Waals surface area contributed by atoms with Crippen LogP contribution in [0.5, 0.6) is 6.01 Å². The Balaban J connectivity index is 1.55. The van der Waals surface area contributed by atoms with Crippen LogP contribution in [0.25, 0.3) is 17.3 Å². The molecular weight excluding hydrogens is 465 g/mol. The first kappa shape index (κ1) is 24.0. The Morgan fingerprint density at radius 3 is 2.54 bits per heavy atom. The van der Waals surface area contributed by atoms with Crippen LogP contribution >= 0.6 is 0 Å². The summed E-state index contributed by atoms with van der Waals surface area (Å²) < 4.78 is 57.0. The van der Waals surface area contributed by atoms with Crippen molar-refractivity contribution in [2.24, 2.45) is 0 Å². The molecule has 4 rings (SSSR count). The summed E-state index contributed by atoms with van der Waals surface area (Å²) in [6.07, 6.45) is -3.04. The third-order valence-electron chi connectivity index (χ3n) is 5.02. The average molecular weight is 486 g/mol. The van der Waals surface area contributed by atoms with Crippen molar-refractivity contribution < 1.29 is 31.9 Å². The molecule has 0 aliphatic heterocycles. The predicted octanol–water partition coefficient (Wildman–Crippen LogP) is 5.13. The molecule has 0 unspecified atom stereocenters. The second kappa shape index (κ2) is 10.0. The highest BCUT2D eigenvalue weighted by molar-refractivity contribution is 6.04. The summed E-state index contributed by atoms with van der Waals surface area (Å²) in [4.78, 5) is 16.9. The minimum absolute atomic E-state index is 0.0455. The lowest BCUT2D eigenvalue weighted by atomic mass is 10.0. The summed E-state index contributed by atoms with van der Waals surface area (Å²) in [6.45, 7) is 1.97. The van der Waals surface area contributed by atoms with Crippen LogP contribution in [0, 0.1) is 6.92 Å². The predicted molar refractivity (Wildman–Crippen MR) is 121 cm³/mol. The number of carbonyl (C=O) groups excluding carboxylic acids is 1. The number of aryl methyl sites for hydroxylation is 1. The van der Waals surface area contributed by atoms with E-state index in [1.54, 1.807) is 43.5 Å². The topological polar surface area (TPSA) is 91.4 Å². The third kappa shape index (κ3) is 5.52. The summed E-state index contributed by atoms with van der Waals surface area (Å²) in [5, 5.41) is 6.97. The second-order valence-corrected chi connectivity index (χ2v) is 7.48. The van der Waals surface area contributed by atoms with Gasteiger partial charge in [0.2, 0.25) is 5.82 Å². The molecule has 2 aromatic heterocycles. The van der Waals surface area contributed by atoms with Crippen LogP contribution < -0.4 is 10.1 Å². The Morgan fingerprint density at radius 2 is 1.89 bits per heavy atom. The van der Waals surface area contributed by atoms with Crippen molar-refractivity contribution in [3.8, 4) is 23.3 Å². The van der Waals surface area contributed by atoms with Gasteiger partial charge in [0, 0.05) is 18.4 Å². The fraction of sp³-hybridized carbons (Fsp3) is 0.208. The number of alkyl halides is 3. The Bertz CT molecular complexity index is 1300. The first-order chi connectivity index (χ1) is 16.8. The van der Waals surface area contributed by atoms with E-state index in [9.17, 15) is 18.0 Å². The number of methoxy groups -OCH3 is 1. The molecule has 0 aliphatic rings. The number of carbonyl (C=O) groups is 1. The molecule has 0 saturated carbocycles. The highest BCUT2D eigenvalue weighted by Gasteiger charge is 2.33. The highest BCUT2D eigenvalue weighted by atomic mass is 19.4. The van der Waals surface area contributed by atoms with E-state index >= 15 is 0 Å². The maximum absolute atomic E-state index is 13.2. The van der Waals surface area contributed by atoms with Crippen LogP contribution in [0.4, 0.5) is 18.9 Å². The van der Waals surface area contributed by atoms with Crippen molar-refractivity contribution in [1.29, 1.82) is 0 Å². The number of furan rings is 1. The zero-order chi connectivity index (χ0) is 25.0. The minimum atomic E-state index is -4.54. The smallest absolute Gasteiger partial charge is 0.416 e. The number of rotatable bonds is 8. The van der Waals surface area contributed by atoms with Crippen molar-refractivity contribution in [1.82, 2.24) is 14.8 Å². The number of ether oxygens (including phenoxy) is 2. The van der Waals surface area contributed by atoms with Gasteiger partial charge in [-0.1, -0.05) is 6.07 Å². The Morgan fingerprint density at radius 1 is 1.11 bits per heavy atom. The van der Waals surface area contributed by atoms with Crippen molar-refractivity contribution in [3.05, 3.63) is 77.6 Å². The lowest BCUT2D eigenvalue weighted by Crippen LogP contribution is -2.15. The van der Waals surface area contributed by atoms with E-state index in [4.69, 9.17) is 13.9 Å². The molecular formula is C24H21F3N4O4. The molecule has 11 heteroatoms. The lowest BCUT2D eigenvalue weighted by molar-refractivity contribution is -0.138. The number of hydrogen-bond acceptors (Lipinski definition) is 6. The standard InChI is InChI=1S/C24H21F3N4O4/c1-15-5-6-16(14-19(15)24(25,26)27)22(32)28-17-7-9-18(10-8-17)31-21(20-4-3-11-34-20)29-23(30-31)35-13-12-33-2/h3-11,14H,12-13H2,1-2H3,(H,28,32). The Hall–Kier alpha value is -4.12. The summed E-state index contributed by atoms with van der Waals surface area (Å²) in [5.41, 5.74) is 0.0911. The van der Waals surface area contributed by atoms with E-state index < -0.39 is 17.6 Å². The monoisotopic (exact) mass is 486 g/mol. The molecule has 0 aliphatic carbocycles. The highest BCUT2D eigenvalue weighted by Crippen LogP contribution is 2.32. The number of amides is 1. The molecule has 4 aromatic rings. The van der Waals surface area contributed by atoms with Crippen LogP contribution in [-0.4, -0.2) is 41.0 Å². The first-order valence-electron chi connectivity index (χ1n) is 10.5. The number of benzene rings is 2. The first-order valence-corrected chi connectivity index (χ1v) is 10.5. The number of hydrogen-bond donors (Lipinski definition) is 1. The van der Waals surface area contributed by atoms with E-state index in [2.05, 4.69) is 15.4 Å². The van der Waals surface area contributed by atoms with Crippen LogP contribution in [0.2, 0.25) is 0 Å². The zero-order valence-electron chi connectivity index (χ0n) is 18.8. The fourth-order valence-corrected chi connectivity index (χ4v) is 3.27. The number of nitrogens with zero attached hydrogens (tertiary/aromatic N) is 3. The van der Waals surface area contributed by atoms with E-state index in [1.807, 2.05) is 0 Å². The molecule has 0 saturated heterocycles. The van der Waals surface area contributed by atoms with Crippen molar-refractivity contribution >= 4 is 11.6 Å². The molecule has 1 amide bonds. The molecule has 2 heterocycles. The Kier molecular flexibility index (Phi) is 6.87. The quantitative estimate of drug-likeness (QED) is 0.347. The molecule has 1 N–H and O–H groups in total. The van der Waals surface area contributed by atoms with Crippen molar-refractivity contribution in [2.45, 2.75) is 13.1 Å². The van der Waals surface area contributed by atoms with Gasteiger partial charge in [-0.25, -0.2) is 4.68 Å². The average Bonchev–Trinajstić information content (AvgIpc) is 3.49. The summed E-state index contributed by atoms with van der Waals surface area (Å²) in [6, 6.07) is 13.6. The number of anilines is 1. The molecule has 0 atom stereocenters. The molecule has 0 bridgehead atoms. The lowest BCUT2D eigenvalue weighted by Gasteiger charge is -2.12. The van der Waals surface area contributed by atoms with Crippen LogP contribution in [0.1, 0.15) is 21.5 Å². The number of nitrogens with one attached hydrogen (secondary N) is 1.